The van der Waals surface area contributed by atoms with Gasteiger partial charge in [0, 0.05) is 0 Å². The minimum Gasteiger partial charge on any atom is -0.393 e. The maximum Gasteiger partial charge on any atom is 0.0512 e. The number of rotatable bonds is 4. The molecule has 0 aromatic carbocycles. The molecule has 3 unspecified atom stereocenters. The van der Waals surface area contributed by atoms with Crippen LogP contribution in [0.5, 0.6) is 0 Å². The van der Waals surface area contributed by atoms with E-state index in [4.69, 9.17) is 0 Å². The predicted molar refractivity (Wildman–Crippen MR) is 105 cm³/mol. The topological polar surface area (TPSA) is 20.2 Å². The number of fused-ring (bicyclic) bond motifs is 5. The van der Waals surface area contributed by atoms with Gasteiger partial charge >= 0.3 is 0 Å². The van der Waals surface area contributed by atoms with Crippen LogP contribution < -0.4 is 0 Å². The lowest BCUT2D eigenvalue weighted by molar-refractivity contribution is -0.111. The van der Waals surface area contributed by atoms with Gasteiger partial charge in [-0.15, -0.1) is 0 Å². The van der Waals surface area contributed by atoms with Crippen molar-refractivity contribution in [1.82, 2.24) is 0 Å². The molecule has 0 heterocycles. The second-order valence-corrected chi connectivity index (χ2v) is 11.0. The molecule has 0 bridgehead atoms. The van der Waals surface area contributed by atoms with Crippen molar-refractivity contribution in [3.8, 4) is 0 Å². The van der Waals surface area contributed by atoms with Crippen molar-refractivity contribution in [3.05, 3.63) is 0 Å². The molecule has 4 saturated carbocycles. The van der Waals surface area contributed by atoms with Gasteiger partial charge in [0.15, 0.2) is 0 Å². The third-order valence-corrected chi connectivity index (χ3v) is 9.95. The maximum atomic E-state index is 9.62. The molecule has 144 valence electrons. The van der Waals surface area contributed by atoms with Crippen LogP contribution in [-0.4, -0.2) is 11.2 Å². The van der Waals surface area contributed by atoms with E-state index in [1.807, 2.05) is 6.92 Å². The Morgan fingerprint density at radius 3 is 2.48 bits per heavy atom. The summed E-state index contributed by atoms with van der Waals surface area (Å²) in [6, 6.07) is 0. The zero-order valence-electron chi connectivity index (χ0n) is 17.1. The number of aliphatic hydroxyl groups excluding tert-OH is 1. The van der Waals surface area contributed by atoms with Crippen LogP contribution in [0.1, 0.15) is 104 Å². The number of aliphatic hydroxyl groups is 1. The summed E-state index contributed by atoms with van der Waals surface area (Å²) < 4.78 is 0. The summed E-state index contributed by atoms with van der Waals surface area (Å²) in [5, 5.41) is 9.62. The van der Waals surface area contributed by atoms with E-state index in [9.17, 15) is 5.11 Å². The zero-order chi connectivity index (χ0) is 17.7. The SMILES string of the molecule is CC(O)CCCC1CC[C@H]2[C@@H]3CCC4CCCC[C@]4(C)[C@@H]3CC[C@]12C. The van der Waals surface area contributed by atoms with Gasteiger partial charge in [0.05, 0.1) is 6.10 Å². The first-order valence-corrected chi connectivity index (χ1v) is 11.6. The summed E-state index contributed by atoms with van der Waals surface area (Å²) in [6.45, 7) is 7.32. The van der Waals surface area contributed by atoms with Gasteiger partial charge in [-0.2, -0.15) is 0 Å². The third kappa shape index (κ3) is 3.01. The summed E-state index contributed by atoms with van der Waals surface area (Å²) >= 11 is 0. The fourth-order valence-corrected chi connectivity index (χ4v) is 8.54. The second kappa shape index (κ2) is 6.84. The van der Waals surface area contributed by atoms with Gasteiger partial charge < -0.3 is 5.11 Å². The van der Waals surface area contributed by atoms with Crippen LogP contribution in [0.3, 0.4) is 0 Å². The molecule has 1 nitrogen and oxygen atoms in total. The van der Waals surface area contributed by atoms with E-state index >= 15 is 0 Å². The molecule has 0 amide bonds. The highest BCUT2D eigenvalue weighted by atomic mass is 16.3. The Morgan fingerprint density at radius 1 is 0.880 bits per heavy atom. The summed E-state index contributed by atoms with van der Waals surface area (Å²) in [5.41, 5.74) is 1.31. The molecule has 0 aliphatic heterocycles. The number of hydrogen-bond donors (Lipinski definition) is 1. The van der Waals surface area contributed by atoms with Crippen LogP contribution in [0.4, 0.5) is 0 Å². The molecule has 4 fully saturated rings. The zero-order valence-corrected chi connectivity index (χ0v) is 17.1. The molecule has 0 saturated heterocycles. The average Bonchev–Trinajstić information content (AvgIpc) is 2.91. The van der Waals surface area contributed by atoms with Gasteiger partial charge in [-0.1, -0.05) is 33.1 Å². The van der Waals surface area contributed by atoms with E-state index in [2.05, 4.69) is 13.8 Å². The van der Waals surface area contributed by atoms with Gasteiger partial charge in [0.2, 0.25) is 0 Å². The van der Waals surface area contributed by atoms with Crippen molar-refractivity contribution >= 4 is 0 Å². The van der Waals surface area contributed by atoms with Crippen LogP contribution >= 0.6 is 0 Å². The first-order chi connectivity index (χ1) is 11.9. The first-order valence-electron chi connectivity index (χ1n) is 11.6. The fourth-order valence-electron chi connectivity index (χ4n) is 8.54. The van der Waals surface area contributed by atoms with E-state index in [0.29, 0.717) is 10.8 Å². The highest BCUT2D eigenvalue weighted by Gasteiger charge is 2.59. The highest BCUT2D eigenvalue weighted by molar-refractivity contribution is 5.08. The van der Waals surface area contributed by atoms with Gasteiger partial charge in [0.1, 0.15) is 0 Å². The molecular weight excluding hydrogens is 304 g/mol. The number of hydrogen-bond acceptors (Lipinski definition) is 1. The minimum absolute atomic E-state index is 0.109. The van der Waals surface area contributed by atoms with Gasteiger partial charge in [-0.3, -0.25) is 0 Å². The average molecular weight is 347 g/mol. The molecule has 4 aliphatic carbocycles. The lowest BCUT2D eigenvalue weighted by Crippen LogP contribution is -2.52. The van der Waals surface area contributed by atoms with Gasteiger partial charge in [-0.25, -0.2) is 0 Å². The third-order valence-electron chi connectivity index (χ3n) is 9.95. The molecule has 4 rings (SSSR count). The lowest BCUT2D eigenvalue weighted by Gasteiger charge is -2.60. The molecular formula is C24H42O. The molecule has 1 heteroatoms. The van der Waals surface area contributed by atoms with Crippen molar-refractivity contribution in [2.24, 2.45) is 40.4 Å². The Balaban J connectivity index is 1.48. The highest BCUT2D eigenvalue weighted by Crippen LogP contribution is 2.67. The van der Waals surface area contributed by atoms with Crippen LogP contribution in [0.2, 0.25) is 0 Å². The standard InChI is InChI=1S/C24H42O/c1-17(25)7-6-9-19-11-13-21-20-12-10-18-8-4-5-15-23(18,2)22(20)14-16-24(19,21)3/h17-22,25H,4-16H2,1-3H3/t17?,18?,19?,20-,21-,22+,23-,24+/m0/s1. The van der Waals surface area contributed by atoms with Crippen molar-refractivity contribution in [2.45, 2.75) is 110 Å². The molecule has 8 atom stereocenters. The van der Waals surface area contributed by atoms with Gasteiger partial charge in [0.25, 0.3) is 0 Å². The maximum absolute atomic E-state index is 9.62. The molecule has 25 heavy (non-hydrogen) atoms. The summed E-state index contributed by atoms with van der Waals surface area (Å²) in [4.78, 5) is 0. The quantitative estimate of drug-likeness (QED) is 0.609. The van der Waals surface area contributed by atoms with Crippen molar-refractivity contribution in [3.63, 3.8) is 0 Å². The van der Waals surface area contributed by atoms with Crippen LogP contribution in [0, 0.1) is 40.4 Å². The smallest absolute Gasteiger partial charge is 0.0512 e. The molecule has 4 aliphatic rings. The van der Waals surface area contributed by atoms with E-state index in [1.54, 1.807) is 6.42 Å². The molecule has 1 N–H and O–H groups in total. The minimum atomic E-state index is -0.109. The van der Waals surface area contributed by atoms with Crippen LogP contribution in [0.25, 0.3) is 0 Å². The lowest BCUT2D eigenvalue weighted by atomic mass is 9.45. The Labute approximate surface area is 156 Å². The Morgan fingerprint density at radius 2 is 1.68 bits per heavy atom. The Bertz CT molecular complexity index is 471. The van der Waals surface area contributed by atoms with Crippen LogP contribution in [0.15, 0.2) is 0 Å². The second-order valence-electron chi connectivity index (χ2n) is 11.0. The molecule has 0 aromatic rings. The Kier molecular flexibility index (Phi) is 5.02. The van der Waals surface area contributed by atoms with E-state index in [1.165, 1.54) is 70.6 Å². The monoisotopic (exact) mass is 346 g/mol. The fraction of sp³-hybridized carbons (Fsp3) is 1.00. The predicted octanol–water partition coefficient (Wildman–Crippen LogP) is 6.59. The van der Waals surface area contributed by atoms with Crippen molar-refractivity contribution in [2.75, 3.05) is 0 Å². The normalized spacial score (nSPS) is 50.6. The summed E-state index contributed by atoms with van der Waals surface area (Å²) in [7, 11) is 0. The summed E-state index contributed by atoms with van der Waals surface area (Å²) in [5.74, 6) is 5.09. The first kappa shape index (κ1) is 18.3. The molecule has 0 aromatic heterocycles. The Hall–Kier alpha value is -0.0400. The van der Waals surface area contributed by atoms with E-state index in [-0.39, 0.29) is 6.10 Å². The van der Waals surface area contributed by atoms with Crippen molar-refractivity contribution in [1.29, 1.82) is 0 Å². The van der Waals surface area contributed by atoms with Gasteiger partial charge in [-0.05, 0) is 112 Å². The molecule has 0 spiro atoms. The summed E-state index contributed by atoms with van der Waals surface area (Å²) in [6.07, 6.45) is 18.7. The van der Waals surface area contributed by atoms with Crippen LogP contribution in [-0.2, 0) is 0 Å². The molecule has 0 radical (unpaired) electrons. The van der Waals surface area contributed by atoms with Crippen molar-refractivity contribution < 1.29 is 5.11 Å². The van der Waals surface area contributed by atoms with E-state index < -0.39 is 0 Å². The van der Waals surface area contributed by atoms with E-state index in [0.717, 1.165) is 36.0 Å². The largest absolute Gasteiger partial charge is 0.393 e.